The maximum atomic E-state index is 12.2. The molecule has 1 N–H and O–H groups in total. The summed E-state index contributed by atoms with van der Waals surface area (Å²) in [5.41, 5.74) is 1.30. The summed E-state index contributed by atoms with van der Waals surface area (Å²) in [6, 6.07) is 9.97. The van der Waals surface area contributed by atoms with Crippen molar-refractivity contribution in [3.8, 4) is 0 Å². The Morgan fingerprint density at radius 3 is 2.44 bits per heavy atom. The fraction of sp³-hybridized carbons (Fsp3) is 0.533. The summed E-state index contributed by atoms with van der Waals surface area (Å²) in [6.07, 6.45) is 2.59. The molecule has 98 valence electrons. The van der Waals surface area contributed by atoms with E-state index in [4.69, 9.17) is 0 Å². The largest absolute Gasteiger partial charge is 0.342 e. The van der Waals surface area contributed by atoms with Crippen LogP contribution >= 0.6 is 0 Å². The zero-order valence-electron chi connectivity index (χ0n) is 11.3. The lowest BCUT2D eigenvalue weighted by Crippen LogP contribution is -2.51. The maximum Gasteiger partial charge on any atom is 0.226 e. The molecule has 1 saturated heterocycles. The second-order valence-electron chi connectivity index (χ2n) is 5.35. The number of hydrogen-bond acceptors (Lipinski definition) is 2. The van der Waals surface area contributed by atoms with Crippen LogP contribution in [0.5, 0.6) is 0 Å². The predicted molar refractivity (Wildman–Crippen MR) is 73.4 cm³/mol. The molecule has 0 aromatic heterocycles. The Labute approximate surface area is 109 Å². The number of nitrogens with zero attached hydrogens (tertiary/aromatic N) is 1. The van der Waals surface area contributed by atoms with Crippen LogP contribution in [0.1, 0.15) is 25.3 Å². The van der Waals surface area contributed by atoms with E-state index < -0.39 is 0 Å². The highest BCUT2D eigenvalue weighted by Gasteiger charge is 2.30. The van der Waals surface area contributed by atoms with Crippen LogP contribution in [0.2, 0.25) is 0 Å². The van der Waals surface area contributed by atoms with Gasteiger partial charge in [0.05, 0.1) is 6.42 Å². The number of carbonyl (C=O) groups excluding carboxylic acids is 1. The number of amides is 1. The molecule has 0 radical (unpaired) electrons. The van der Waals surface area contributed by atoms with E-state index in [2.05, 4.69) is 12.2 Å². The predicted octanol–water partition coefficient (Wildman–Crippen LogP) is 1.83. The topological polar surface area (TPSA) is 32.3 Å². The van der Waals surface area contributed by atoms with Crippen molar-refractivity contribution in [1.29, 1.82) is 0 Å². The molecule has 1 fully saturated rings. The van der Waals surface area contributed by atoms with Gasteiger partial charge in [0, 0.05) is 18.6 Å². The first kappa shape index (κ1) is 13.1. The fourth-order valence-corrected chi connectivity index (χ4v) is 2.38. The smallest absolute Gasteiger partial charge is 0.226 e. The van der Waals surface area contributed by atoms with E-state index in [1.54, 1.807) is 0 Å². The summed E-state index contributed by atoms with van der Waals surface area (Å²) in [5, 5.41) is 3.35. The lowest BCUT2D eigenvalue weighted by atomic mass is 9.89. The highest BCUT2D eigenvalue weighted by Crippen LogP contribution is 2.21. The van der Waals surface area contributed by atoms with E-state index in [0.29, 0.717) is 6.42 Å². The van der Waals surface area contributed by atoms with Crippen LogP contribution < -0.4 is 5.32 Å². The first-order valence-electron chi connectivity index (χ1n) is 6.64. The second-order valence-corrected chi connectivity index (χ2v) is 5.35. The average Bonchev–Trinajstić information content (AvgIpc) is 2.40. The molecular formula is C15H22N2O. The number of nitrogens with one attached hydrogen (secondary N) is 1. The van der Waals surface area contributed by atoms with Gasteiger partial charge in [-0.1, -0.05) is 30.3 Å². The number of carbonyl (C=O) groups is 1. The van der Waals surface area contributed by atoms with Crippen molar-refractivity contribution in [3.63, 3.8) is 0 Å². The molecule has 3 nitrogen and oxygen atoms in total. The molecule has 1 amide bonds. The summed E-state index contributed by atoms with van der Waals surface area (Å²) in [5.74, 6) is 0.249. The molecule has 2 rings (SSSR count). The third-order valence-corrected chi connectivity index (χ3v) is 4.02. The van der Waals surface area contributed by atoms with Gasteiger partial charge in [0.1, 0.15) is 0 Å². The Hall–Kier alpha value is -1.35. The number of piperidine rings is 1. The Morgan fingerprint density at radius 1 is 1.28 bits per heavy atom. The summed E-state index contributed by atoms with van der Waals surface area (Å²) in [4.78, 5) is 14.2. The van der Waals surface area contributed by atoms with E-state index >= 15 is 0 Å². The number of rotatable bonds is 3. The molecule has 0 saturated carbocycles. The molecule has 0 atom stereocenters. The molecule has 1 aromatic rings. The zero-order chi connectivity index (χ0) is 13.0. The van der Waals surface area contributed by atoms with Crippen molar-refractivity contribution in [2.75, 3.05) is 20.1 Å². The van der Waals surface area contributed by atoms with E-state index in [1.165, 1.54) is 0 Å². The van der Waals surface area contributed by atoms with Crippen LogP contribution in [-0.4, -0.2) is 36.5 Å². The van der Waals surface area contributed by atoms with Crippen LogP contribution in [0, 0.1) is 0 Å². The van der Waals surface area contributed by atoms with E-state index in [-0.39, 0.29) is 11.4 Å². The van der Waals surface area contributed by atoms with Gasteiger partial charge in [0.2, 0.25) is 5.91 Å². The maximum absolute atomic E-state index is 12.2. The highest BCUT2D eigenvalue weighted by molar-refractivity contribution is 5.78. The third kappa shape index (κ3) is 3.10. The van der Waals surface area contributed by atoms with Gasteiger partial charge in [0.15, 0.2) is 0 Å². The molecular weight excluding hydrogens is 224 g/mol. The van der Waals surface area contributed by atoms with Gasteiger partial charge < -0.3 is 10.2 Å². The monoisotopic (exact) mass is 246 g/mol. The summed E-state index contributed by atoms with van der Waals surface area (Å²) >= 11 is 0. The minimum atomic E-state index is 0.198. The number of benzene rings is 1. The molecule has 3 heteroatoms. The SMILES string of the molecule is CNC1(C)CCN(C(=O)Cc2ccccc2)CC1. The van der Waals surface area contributed by atoms with Gasteiger partial charge >= 0.3 is 0 Å². The van der Waals surface area contributed by atoms with Crippen LogP contribution in [0.4, 0.5) is 0 Å². The van der Waals surface area contributed by atoms with Crippen LogP contribution in [0.3, 0.4) is 0 Å². The molecule has 0 spiro atoms. The lowest BCUT2D eigenvalue weighted by molar-refractivity contribution is -0.132. The van der Waals surface area contributed by atoms with Crippen molar-refractivity contribution in [3.05, 3.63) is 35.9 Å². The van der Waals surface area contributed by atoms with Crippen molar-refractivity contribution in [2.24, 2.45) is 0 Å². The molecule has 18 heavy (non-hydrogen) atoms. The molecule has 1 aliphatic rings. The fourth-order valence-electron chi connectivity index (χ4n) is 2.38. The third-order valence-electron chi connectivity index (χ3n) is 4.02. The molecule has 0 bridgehead atoms. The van der Waals surface area contributed by atoms with E-state index in [1.807, 2.05) is 42.3 Å². The van der Waals surface area contributed by atoms with Crippen molar-refractivity contribution in [2.45, 2.75) is 31.7 Å². The second kappa shape index (κ2) is 5.53. The normalized spacial score (nSPS) is 18.7. The van der Waals surface area contributed by atoms with Gasteiger partial charge in [0.25, 0.3) is 0 Å². The standard InChI is InChI=1S/C15H22N2O/c1-15(16-2)8-10-17(11-9-15)14(18)12-13-6-4-3-5-7-13/h3-7,16H,8-12H2,1-2H3. The Kier molecular flexibility index (Phi) is 4.02. The quantitative estimate of drug-likeness (QED) is 0.882. The van der Waals surface area contributed by atoms with Gasteiger partial charge in [-0.05, 0) is 32.4 Å². The van der Waals surface area contributed by atoms with Gasteiger partial charge in [-0.15, -0.1) is 0 Å². The molecule has 1 aliphatic heterocycles. The number of hydrogen-bond donors (Lipinski definition) is 1. The van der Waals surface area contributed by atoms with Crippen molar-refractivity contribution >= 4 is 5.91 Å². The summed E-state index contributed by atoms with van der Waals surface area (Å²) in [6.45, 7) is 3.96. The van der Waals surface area contributed by atoms with Crippen molar-refractivity contribution < 1.29 is 4.79 Å². The Morgan fingerprint density at radius 2 is 1.89 bits per heavy atom. The van der Waals surface area contributed by atoms with Crippen LogP contribution in [-0.2, 0) is 11.2 Å². The molecule has 1 heterocycles. The van der Waals surface area contributed by atoms with E-state index in [0.717, 1.165) is 31.5 Å². The molecule has 1 aromatic carbocycles. The molecule has 0 aliphatic carbocycles. The minimum Gasteiger partial charge on any atom is -0.342 e. The van der Waals surface area contributed by atoms with Gasteiger partial charge in [-0.2, -0.15) is 0 Å². The zero-order valence-corrected chi connectivity index (χ0v) is 11.3. The lowest BCUT2D eigenvalue weighted by Gasteiger charge is -2.39. The highest BCUT2D eigenvalue weighted by atomic mass is 16.2. The van der Waals surface area contributed by atoms with Crippen LogP contribution in [0.25, 0.3) is 0 Å². The van der Waals surface area contributed by atoms with E-state index in [9.17, 15) is 4.79 Å². The summed E-state index contributed by atoms with van der Waals surface area (Å²) < 4.78 is 0. The number of likely N-dealkylation sites (tertiary alicyclic amines) is 1. The first-order chi connectivity index (χ1) is 8.63. The van der Waals surface area contributed by atoms with Gasteiger partial charge in [-0.3, -0.25) is 4.79 Å². The van der Waals surface area contributed by atoms with Gasteiger partial charge in [-0.25, -0.2) is 0 Å². The Balaban J connectivity index is 1.88. The average molecular weight is 246 g/mol. The van der Waals surface area contributed by atoms with Crippen LogP contribution in [0.15, 0.2) is 30.3 Å². The first-order valence-corrected chi connectivity index (χ1v) is 6.64. The summed E-state index contributed by atoms with van der Waals surface area (Å²) in [7, 11) is 2.00. The Bertz CT molecular complexity index is 394. The van der Waals surface area contributed by atoms with Crippen molar-refractivity contribution in [1.82, 2.24) is 10.2 Å². The minimum absolute atomic E-state index is 0.198. The molecule has 0 unspecified atom stereocenters.